The van der Waals surface area contributed by atoms with E-state index in [1.165, 1.54) is 0 Å². The van der Waals surface area contributed by atoms with Crippen LogP contribution in [0.1, 0.15) is 25.3 Å². The quantitative estimate of drug-likeness (QED) is 0.447. The first-order valence-corrected chi connectivity index (χ1v) is 11.2. The molecular formula is C27H28ClFN2O. The van der Waals surface area contributed by atoms with Gasteiger partial charge in [0, 0.05) is 18.4 Å². The highest BCUT2D eigenvalue weighted by Gasteiger charge is 2.36. The number of benzene rings is 2. The van der Waals surface area contributed by atoms with Crippen LogP contribution in [0, 0.1) is 0 Å². The lowest BCUT2D eigenvalue weighted by atomic mass is 9.77. The third-order valence-corrected chi connectivity index (χ3v) is 6.25. The van der Waals surface area contributed by atoms with Crippen molar-refractivity contribution in [1.82, 2.24) is 9.88 Å². The van der Waals surface area contributed by atoms with E-state index in [2.05, 4.69) is 4.98 Å². The number of alkyl halides is 1. The van der Waals surface area contributed by atoms with E-state index in [4.69, 9.17) is 11.6 Å². The first-order valence-electron chi connectivity index (χ1n) is 10.8. The fraction of sp³-hybridized carbons (Fsp3) is 0.296. The maximum atomic E-state index is 14.4. The summed E-state index contributed by atoms with van der Waals surface area (Å²) < 4.78 is 14.4. The Bertz CT molecular complexity index is 1190. The van der Waals surface area contributed by atoms with Crippen molar-refractivity contribution in [3.05, 3.63) is 88.6 Å². The monoisotopic (exact) mass is 450 g/mol. The Morgan fingerprint density at radius 2 is 1.91 bits per heavy atom. The Morgan fingerprint density at radius 3 is 2.59 bits per heavy atom. The van der Waals surface area contributed by atoms with Gasteiger partial charge in [0.15, 0.2) is 0 Å². The van der Waals surface area contributed by atoms with E-state index in [0.717, 1.165) is 33.2 Å². The molecule has 1 aliphatic rings. The number of nitrogens with zero attached hydrogens (tertiary/aromatic N) is 2. The molecule has 1 heterocycles. The molecule has 0 fully saturated rings. The lowest BCUT2D eigenvalue weighted by molar-refractivity contribution is 0.0522. The minimum atomic E-state index is -1.29. The van der Waals surface area contributed by atoms with E-state index >= 15 is 0 Å². The second kappa shape index (κ2) is 9.14. The van der Waals surface area contributed by atoms with Crippen LogP contribution in [0.5, 0.6) is 0 Å². The average molecular weight is 451 g/mol. The van der Waals surface area contributed by atoms with Crippen LogP contribution in [0.4, 0.5) is 4.39 Å². The van der Waals surface area contributed by atoms with Crippen LogP contribution in [0.3, 0.4) is 0 Å². The molecular weight excluding hydrogens is 423 g/mol. The number of fused-ring (bicyclic) bond motifs is 1. The molecule has 4 rings (SSSR count). The fourth-order valence-electron chi connectivity index (χ4n) is 4.41. The third kappa shape index (κ3) is 4.63. The van der Waals surface area contributed by atoms with Crippen molar-refractivity contribution in [1.29, 1.82) is 0 Å². The van der Waals surface area contributed by atoms with Crippen molar-refractivity contribution in [2.24, 2.45) is 0 Å². The molecule has 0 amide bonds. The highest BCUT2D eigenvalue weighted by Crippen LogP contribution is 2.41. The van der Waals surface area contributed by atoms with Crippen molar-refractivity contribution >= 4 is 22.5 Å². The van der Waals surface area contributed by atoms with Crippen LogP contribution in [0.15, 0.2) is 77.9 Å². The Kier molecular flexibility index (Phi) is 6.47. The molecule has 0 saturated heterocycles. The van der Waals surface area contributed by atoms with Crippen LogP contribution in [0.2, 0.25) is 5.15 Å². The lowest BCUT2D eigenvalue weighted by Crippen LogP contribution is -2.34. The van der Waals surface area contributed by atoms with Gasteiger partial charge in [-0.25, -0.2) is 9.37 Å². The maximum absolute atomic E-state index is 14.4. The topological polar surface area (TPSA) is 36.4 Å². The maximum Gasteiger partial charge on any atom is 0.130 e. The number of rotatable bonds is 6. The molecule has 166 valence electrons. The Labute approximate surface area is 193 Å². The highest BCUT2D eigenvalue weighted by atomic mass is 35.5. The molecule has 0 bridgehead atoms. The van der Waals surface area contributed by atoms with Gasteiger partial charge in [0.25, 0.3) is 0 Å². The van der Waals surface area contributed by atoms with E-state index in [-0.39, 0.29) is 6.42 Å². The summed E-state index contributed by atoms with van der Waals surface area (Å²) in [6.45, 7) is 2.54. The molecule has 0 spiro atoms. The van der Waals surface area contributed by atoms with Crippen LogP contribution in [-0.4, -0.2) is 41.8 Å². The Morgan fingerprint density at radius 1 is 1.16 bits per heavy atom. The standard InChI is InChI=1S/C27H28ClFN2O/c1-18-13-21(15-22(29)14-18)27(32,11-12-31(2)3)20-9-10-25-24(16-20)23(17-26(28)30-25)19-7-5-4-6-8-19/h4-10,13-14,16-17,22,32H,11-12,15H2,1-3H3. The van der Waals surface area contributed by atoms with E-state index < -0.39 is 11.8 Å². The van der Waals surface area contributed by atoms with Gasteiger partial charge in [-0.2, -0.15) is 0 Å². The first-order chi connectivity index (χ1) is 15.3. The zero-order valence-corrected chi connectivity index (χ0v) is 19.4. The van der Waals surface area contributed by atoms with Gasteiger partial charge in [0.05, 0.1) is 5.52 Å². The van der Waals surface area contributed by atoms with Crippen molar-refractivity contribution in [3.63, 3.8) is 0 Å². The molecule has 2 unspecified atom stereocenters. The summed E-state index contributed by atoms with van der Waals surface area (Å²) in [4.78, 5) is 6.52. The van der Waals surface area contributed by atoms with Gasteiger partial charge in [-0.05, 0) is 74.0 Å². The second-order valence-corrected chi connectivity index (χ2v) is 9.19. The Hall–Kier alpha value is -2.53. The van der Waals surface area contributed by atoms with Gasteiger partial charge in [-0.3, -0.25) is 0 Å². The van der Waals surface area contributed by atoms with Crippen molar-refractivity contribution in [2.75, 3.05) is 20.6 Å². The van der Waals surface area contributed by atoms with E-state index in [1.807, 2.05) is 86.6 Å². The zero-order valence-electron chi connectivity index (χ0n) is 18.6. The lowest BCUT2D eigenvalue weighted by Gasteiger charge is -2.35. The molecule has 1 aliphatic carbocycles. The molecule has 3 aromatic rings. The van der Waals surface area contributed by atoms with Gasteiger partial charge < -0.3 is 10.0 Å². The third-order valence-electron chi connectivity index (χ3n) is 6.05. The number of hydrogen-bond donors (Lipinski definition) is 1. The fourth-order valence-corrected chi connectivity index (χ4v) is 4.61. The number of allylic oxidation sites excluding steroid dienone is 3. The van der Waals surface area contributed by atoms with Gasteiger partial charge in [-0.1, -0.05) is 59.6 Å². The van der Waals surface area contributed by atoms with E-state index in [1.54, 1.807) is 6.08 Å². The highest BCUT2D eigenvalue weighted by molar-refractivity contribution is 6.30. The zero-order chi connectivity index (χ0) is 22.9. The first kappa shape index (κ1) is 22.7. The van der Waals surface area contributed by atoms with Crippen LogP contribution >= 0.6 is 11.6 Å². The molecule has 0 saturated carbocycles. The molecule has 2 aromatic carbocycles. The minimum absolute atomic E-state index is 0.184. The smallest absolute Gasteiger partial charge is 0.130 e. The molecule has 0 radical (unpaired) electrons. The number of pyridine rings is 1. The van der Waals surface area contributed by atoms with Gasteiger partial charge in [0.1, 0.15) is 16.9 Å². The van der Waals surface area contributed by atoms with E-state index in [9.17, 15) is 9.50 Å². The second-order valence-electron chi connectivity index (χ2n) is 8.80. The predicted octanol–water partition coefficient (Wildman–Crippen LogP) is 6.31. The van der Waals surface area contributed by atoms with Crippen LogP contribution < -0.4 is 0 Å². The average Bonchev–Trinajstić information content (AvgIpc) is 2.76. The summed E-state index contributed by atoms with van der Waals surface area (Å²) in [6, 6.07) is 17.6. The van der Waals surface area contributed by atoms with Crippen molar-refractivity contribution in [2.45, 2.75) is 31.5 Å². The van der Waals surface area contributed by atoms with Crippen molar-refractivity contribution < 1.29 is 9.50 Å². The largest absolute Gasteiger partial charge is 0.381 e. The number of halogens is 2. The van der Waals surface area contributed by atoms with Crippen LogP contribution in [-0.2, 0) is 5.60 Å². The predicted molar refractivity (Wildman–Crippen MR) is 131 cm³/mol. The number of aliphatic hydroxyl groups is 1. The molecule has 5 heteroatoms. The summed E-state index contributed by atoms with van der Waals surface area (Å²) >= 11 is 6.32. The molecule has 32 heavy (non-hydrogen) atoms. The number of aromatic nitrogens is 1. The SMILES string of the molecule is CC1=CC(F)CC(C(O)(CCN(C)C)c2ccc3nc(Cl)cc(-c4ccccc4)c3c2)=C1. The van der Waals surface area contributed by atoms with Gasteiger partial charge >= 0.3 is 0 Å². The molecule has 1 N–H and O–H groups in total. The molecule has 0 aliphatic heterocycles. The normalized spacial score (nSPS) is 18.4. The minimum Gasteiger partial charge on any atom is -0.381 e. The van der Waals surface area contributed by atoms with Gasteiger partial charge in [0.2, 0.25) is 0 Å². The summed E-state index contributed by atoms with van der Waals surface area (Å²) in [7, 11) is 3.94. The molecule has 3 nitrogen and oxygen atoms in total. The van der Waals surface area contributed by atoms with Crippen LogP contribution in [0.25, 0.3) is 22.0 Å². The van der Waals surface area contributed by atoms with E-state index in [0.29, 0.717) is 23.7 Å². The number of hydrogen-bond acceptors (Lipinski definition) is 3. The van der Waals surface area contributed by atoms with Crippen molar-refractivity contribution in [3.8, 4) is 11.1 Å². The molecule has 1 aromatic heterocycles. The summed E-state index contributed by atoms with van der Waals surface area (Å²) in [5, 5.41) is 13.4. The summed E-state index contributed by atoms with van der Waals surface area (Å²) in [5.74, 6) is 0. The summed E-state index contributed by atoms with van der Waals surface area (Å²) in [5.41, 5.74) is 3.72. The molecule has 2 atom stereocenters. The van der Waals surface area contributed by atoms with Gasteiger partial charge in [-0.15, -0.1) is 0 Å². The Balaban J connectivity index is 1.90. The summed E-state index contributed by atoms with van der Waals surface area (Å²) in [6.07, 6.45) is 3.08.